The van der Waals surface area contributed by atoms with Crippen molar-refractivity contribution in [2.45, 2.75) is 32.9 Å². The summed E-state index contributed by atoms with van der Waals surface area (Å²) < 4.78 is 0. The number of likely N-dealkylation sites (tertiary alicyclic amines) is 1. The Morgan fingerprint density at radius 2 is 2.18 bits per heavy atom. The zero-order chi connectivity index (χ0) is 12.1. The third-order valence-electron chi connectivity index (χ3n) is 3.38. The topological polar surface area (TPSA) is 41.0 Å². The second-order valence-corrected chi connectivity index (χ2v) is 5.04. The van der Waals surface area contributed by atoms with Gasteiger partial charge in [0.15, 0.2) is 0 Å². The van der Waals surface area contributed by atoms with Crippen molar-refractivity contribution in [1.29, 1.82) is 0 Å². The lowest BCUT2D eigenvalue weighted by Gasteiger charge is -2.20. The molecule has 17 heavy (non-hydrogen) atoms. The van der Waals surface area contributed by atoms with Gasteiger partial charge in [0, 0.05) is 25.0 Å². The fourth-order valence-corrected chi connectivity index (χ4v) is 2.31. The number of rotatable bonds is 5. The Morgan fingerprint density at radius 3 is 2.82 bits per heavy atom. The molecule has 0 saturated carbocycles. The summed E-state index contributed by atoms with van der Waals surface area (Å²) in [6.45, 7) is 8.86. The van der Waals surface area contributed by atoms with Crippen LogP contribution in [0.15, 0.2) is 18.5 Å². The minimum absolute atomic E-state index is 0.678. The van der Waals surface area contributed by atoms with Crippen molar-refractivity contribution in [2.75, 3.05) is 19.6 Å². The van der Waals surface area contributed by atoms with E-state index in [2.05, 4.69) is 34.0 Å². The molecule has 0 radical (unpaired) electrons. The monoisotopic (exact) mass is 234 g/mol. The van der Waals surface area contributed by atoms with Gasteiger partial charge in [-0.1, -0.05) is 0 Å². The standard InChI is InChI=1S/C13H22N4/c1-11(2)17-7-4-12(10-17)8-14-9-13-15-5-3-6-16-13/h3,5-6,11-12,14H,4,7-10H2,1-2H3. The minimum Gasteiger partial charge on any atom is -0.310 e. The Labute approximate surface area is 103 Å². The summed E-state index contributed by atoms with van der Waals surface area (Å²) in [5, 5.41) is 3.45. The Bertz CT molecular complexity index is 325. The number of nitrogens with zero attached hydrogens (tertiary/aromatic N) is 3. The molecule has 1 aromatic heterocycles. The fourth-order valence-electron chi connectivity index (χ4n) is 2.31. The number of hydrogen-bond acceptors (Lipinski definition) is 4. The zero-order valence-corrected chi connectivity index (χ0v) is 10.8. The minimum atomic E-state index is 0.678. The van der Waals surface area contributed by atoms with Crippen LogP contribution in [0.2, 0.25) is 0 Å². The van der Waals surface area contributed by atoms with E-state index < -0.39 is 0 Å². The number of hydrogen-bond donors (Lipinski definition) is 1. The molecule has 0 aliphatic carbocycles. The Balaban J connectivity index is 1.67. The number of nitrogens with one attached hydrogen (secondary N) is 1. The van der Waals surface area contributed by atoms with Gasteiger partial charge in [-0.15, -0.1) is 0 Å². The molecular formula is C13H22N4. The normalized spacial score (nSPS) is 21.2. The van der Waals surface area contributed by atoms with E-state index in [0.29, 0.717) is 6.04 Å². The molecule has 0 aromatic carbocycles. The van der Waals surface area contributed by atoms with Gasteiger partial charge in [-0.05, 0) is 45.3 Å². The van der Waals surface area contributed by atoms with Gasteiger partial charge < -0.3 is 10.2 Å². The molecule has 1 atom stereocenters. The largest absolute Gasteiger partial charge is 0.310 e. The van der Waals surface area contributed by atoms with Crippen molar-refractivity contribution in [3.63, 3.8) is 0 Å². The fraction of sp³-hybridized carbons (Fsp3) is 0.692. The summed E-state index contributed by atoms with van der Waals surface area (Å²) >= 11 is 0. The maximum absolute atomic E-state index is 4.20. The van der Waals surface area contributed by atoms with Gasteiger partial charge in [0.05, 0.1) is 6.54 Å². The van der Waals surface area contributed by atoms with Crippen molar-refractivity contribution < 1.29 is 0 Å². The van der Waals surface area contributed by atoms with Crippen LogP contribution in [0.4, 0.5) is 0 Å². The summed E-state index contributed by atoms with van der Waals surface area (Å²) in [7, 11) is 0. The maximum atomic E-state index is 4.20. The van der Waals surface area contributed by atoms with Crippen LogP contribution in [0.1, 0.15) is 26.1 Å². The van der Waals surface area contributed by atoms with Crippen molar-refractivity contribution in [2.24, 2.45) is 5.92 Å². The Kier molecular flexibility index (Phi) is 4.45. The summed E-state index contributed by atoms with van der Waals surface area (Å²) in [4.78, 5) is 11.0. The van der Waals surface area contributed by atoms with Gasteiger partial charge in [-0.3, -0.25) is 0 Å². The van der Waals surface area contributed by atoms with Crippen molar-refractivity contribution in [3.05, 3.63) is 24.3 Å². The van der Waals surface area contributed by atoms with Crippen LogP contribution in [0.5, 0.6) is 0 Å². The first kappa shape index (κ1) is 12.5. The van der Waals surface area contributed by atoms with E-state index in [1.807, 2.05) is 6.07 Å². The average Bonchev–Trinajstić information content (AvgIpc) is 2.79. The molecule has 0 amide bonds. The average molecular weight is 234 g/mol. The lowest BCUT2D eigenvalue weighted by atomic mass is 10.1. The first-order valence-corrected chi connectivity index (χ1v) is 6.46. The van der Waals surface area contributed by atoms with Crippen molar-refractivity contribution >= 4 is 0 Å². The van der Waals surface area contributed by atoms with Crippen LogP contribution < -0.4 is 5.32 Å². The molecule has 1 unspecified atom stereocenters. The Hall–Kier alpha value is -1.00. The molecule has 1 aromatic rings. The molecule has 1 fully saturated rings. The first-order valence-electron chi connectivity index (χ1n) is 6.46. The predicted molar refractivity (Wildman–Crippen MR) is 68.6 cm³/mol. The Morgan fingerprint density at radius 1 is 1.41 bits per heavy atom. The predicted octanol–water partition coefficient (Wildman–Crippen LogP) is 1.30. The highest BCUT2D eigenvalue weighted by Crippen LogP contribution is 2.17. The highest BCUT2D eigenvalue weighted by atomic mass is 15.2. The molecule has 4 nitrogen and oxygen atoms in total. The van der Waals surface area contributed by atoms with Crippen molar-refractivity contribution in [3.8, 4) is 0 Å². The van der Waals surface area contributed by atoms with Crippen molar-refractivity contribution in [1.82, 2.24) is 20.2 Å². The molecule has 94 valence electrons. The summed E-state index contributed by atoms with van der Waals surface area (Å²) in [5.74, 6) is 1.66. The van der Waals surface area contributed by atoms with Crippen LogP contribution in [0, 0.1) is 5.92 Å². The van der Waals surface area contributed by atoms with Crippen LogP contribution in [-0.2, 0) is 6.54 Å². The molecule has 1 aliphatic heterocycles. The summed E-state index contributed by atoms with van der Waals surface area (Å²) in [6, 6.07) is 2.53. The quantitative estimate of drug-likeness (QED) is 0.833. The third kappa shape index (κ3) is 3.75. The van der Waals surface area contributed by atoms with Gasteiger partial charge in [0.2, 0.25) is 0 Å². The van der Waals surface area contributed by atoms with E-state index in [-0.39, 0.29) is 0 Å². The van der Waals surface area contributed by atoms with E-state index in [1.165, 1.54) is 19.5 Å². The molecular weight excluding hydrogens is 212 g/mol. The summed E-state index contributed by atoms with van der Waals surface area (Å²) in [5.41, 5.74) is 0. The molecule has 0 spiro atoms. The van der Waals surface area contributed by atoms with Gasteiger partial charge in [0.1, 0.15) is 5.82 Å². The SMILES string of the molecule is CC(C)N1CCC(CNCc2ncccn2)C1. The second-order valence-electron chi connectivity index (χ2n) is 5.04. The van der Waals surface area contributed by atoms with Crippen LogP contribution in [0.3, 0.4) is 0 Å². The molecule has 2 rings (SSSR count). The molecule has 2 heterocycles. The highest BCUT2D eigenvalue weighted by molar-refractivity contribution is 4.88. The first-order chi connectivity index (χ1) is 8.25. The smallest absolute Gasteiger partial charge is 0.141 e. The lowest BCUT2D eigenvalue weighted by molar-refractivity contribution is 0.264. The van der Waals surface area contributed by atoms with Gasteiger partial charge >= 0.3 is 0 Å². The summed E-state index contributed by atoms with van der Waals surface area (Å²) in [6.07, 6.45) is 4.89. The third-order valence-corrected chi connectivity index (χ3v) is 3.38. The van der Waals surface area contributed by atoms with Crippen LogP contribution >= 0.6 is 0 Å². The number of aromatic nitrogens is 2. The lowest BCUT2D eigenvalue weighted by Crippen LogP contribution is -2.30. The van der Waals surface area contributed by atoms with Gasteiger partial charge in [-0.2, -0.15) is 0 Å². The highest BCUT2D eigenvalue weighted by Gasteiger charge is 2.23. The van der Waals surface area contributed by atoms with E-state index >= 15 is 0 Å². The molecule has 1 aliphatic rings. The van der Waals surface area contributed by atoms with Crippen LogP contribution in [-0.4, -0.2) is 40.5 Å². The van der Waals surface area contributed by atoms with E-state index in [0.717, 1.165) is 24.8 Å². The molecule has 1 N–H and O–H groups in total. The van der Waals surface area contributed by atoms with Gasteiger partial charge in [-0.25, -0.2) is 9.97 Å². The van der Waals surface area contributed by atoms with E-state index in [9.17, 15) is 0 Å². The van der Waals surface area contributed by atoms with E-state index in [4.69, 9.17) is 0 Å². The molecule has 4 heteroatoms. The molecule has 0 bridgehead atoms. The van der Waals surface area contributed by atoms with E-state index in [1.54, 1.807) is 12.4 Å². The van der Waals surface area contributed by atoms with Gasteiger partial charge in [0.25, 0.3) is 0 Å². The maximum Gasteiger partial charge on any atom is 0.141 e. The molecule has 1 saturated heterocycles. The van der Waals surface area contributed by atoms with Crippen LogP contribution in [0.25, 0.3) is 0 Å². The second kappa shape index (κ2) is 6.07. The zero-order valence-electron chi connectivity index (χ0n) is 10.8.